The number of carbonyl (C=O) groups is 1. The summed E-state index contributed by atoms with van der Waals surface area (Å²) in [5, 5.41) is 3.09. The molecule has 0 saturated heterocycles. The number of nitrogens with one attached hydrogen (secondary N) is 1. The maximum atomic E-state index is 12.8. The van der Waals surface area contributed by atoms with Crippen molar-refractivity contribution in [2.24, 2.45) is 0 Å². The number of amides is 1. The van der Waals surface area contributed by atoms with Crippen LogP contribution >= 0.6 is 0 Å². The smallest absolute Gasteiger partial charge is 0.293 e. The SMILES string of the molecule is Cc1ccc[n+]([C@@H](C)C(=O)Nc2ccccc2-c2ccccc2)c1C. The number of anilines is 1. The Kier molecular flexibility index (Phi) is 4.94. The molecule has 3 heteroatoms. The fourth-order valence-corrected chi connectivity index (χ4v) is 2.96. The highest BCUT2D eigenvalue weighted by Gasteiger charge is 2.25. The number of pyridine rings is 1. The highest BCUT2D eigenvalue weighted by Crippen LogP contribution is 2.27. The highest BCUT2D eigenvalue weighted by molar-refractivity contribution is 5.96. The van der Waals surface area contributed by atoms with Crippen LogP contribution in [0.4, 0.5) is 5.69 Å². The Labute approximate surface area is 149 Å². The molecule has 3 nitrogen and oxygen atoms in total. The molecule has 1 aromatic heterocycles. The van der Waals surface area contributed by atoms with E-state index >= 15 is 0 Å². The molecule has 0 bridgehead atoms. The second-order valence-corrected chi connectivity index (χ2v) is 6.26. The van der Waals surface area contributed by atoms with Gasteiger partial charge in [0.05, 0.1) is 0 Å². The van der Waals surface area contributed by atoms with Gasteiger partial charge < -0.3 is 5.32 Å². The topological polar surface area (TPSA) is 33.0 Å². The molecule has 1 atom stereocenters. The van der Waals surface area contributed by atoms with Gasteiger partial charge >= 0.3 is 0 Å². The normalized spacial score (nSPS) is 11.8. The first-order valence-corrected chi connectivity index (χ1v) is 8.50. The third-order valence-corrected chi connectivity index (χ3v) is 4.62. The van der Waals surface area contributed by atoms with Crippen molar-refractivity contribution in [3.63, 3.8) is 0 Å². The number of nitrogens with zero attached hydrogens (tertiary/aromatic N) is 1. The summed E-state index contributed by atoms with van der Waals surface area (Å²) < 4.78 is 2.01. The summed E-state index contributed by atoms with van der Waals surface area (Å²) in [6, 6.07) is 21.7. The molecular formula is C22H23N2O+. The lowest BCUT2D eigenvalue weighted by Crippen LogP contribution is -2.47. The van der Waals surface area contributed by atoms with Crippen molar-refractivity contribution in [2.45, 2.75) is 26.8 Å². The molecule has 0 aliphatic rings. The minimum absolute atomic E-state index is 0.0259. The van der Waals surface area contributed by atoms with E-state index in [1.165, 1.54) is 5.56 Å². The van der Waals surface area contributed by atoms with Gasteiger partial charge in [-0.05, 0) is 24.6 Å². The van der Waals surface area contributed by atoms with Crippen LogP contribution in [0, 0.1) is 13.8 Å². The zero-order valence-corrected chi connectivity index (χ0v) is 14.9. The van der Waals surface area contributed by atoms with E-state index in [9.17, 15) is 4.79 Å². The molecule has 0 saturated carbocycles. The number of rotatable bonds is 4. The average molecular weight is 331 g/mol. The monoisotopic (exact) mass is 331 g/mol. The van der Waals surface area contributed by atoms with Gasteiger partial charge in [0.2, 0.25) is 6.04 Å². The number of carbonyl (C=O) groups excluding carboxylic acids is 1. The van der Waals surface area contributed by atoms with Gasteiger partial charge in [0.1, 0.15) is 0 Å². The van der Waals surface area contributed by atoms with Crippen molar-refractivity contribution in [1.82, 2.24) is 0 Å². The van der Waals surface area contributed by atoms with E-state index in [0.29, 0.717) is 0 Å². The van der Waals surface area contributed by atoms with Gasteiger partial charge in [-0.2, -0.15) is 4.57 Å². The summed E-state index contributed by atoms with van der Waals surface area (Å²) in [6.07, 6.45) is 1.95. The molecule has 2 aromatic carbocycles. The van der Waals surface area contributed by atoms with Crippen molar-refractivity contribution in [3.8, 4) is 11.1 Å². The van der Waals surface area contributed by atoms with Crippen molar-refractivity contribution in [2.75, 3.05) is 5.32 Å². The number of benzene rings is 2. The first-order valence-electron chi connectivity index (χ1n) is 8.50. The lowest BCUT2D eigenvalue weighted by atomic mass is 10.0. The Balaban J connectivity index is 1.88. The molecule has 0 aliphatic carbocycles. The van der Waals surface area contributed by atoms with Crippen molar-refractivity contribution >= 4 is 11.6 Å². The predicted octanol–water partition coefficient (Wildman–Crippen LogP) is 4.46. The molecule has 0 spiro atoms. The quantitative estimate of drug-likeness (QED) is 0.704. The van der Waals surface area contributed by atoms with Gasteiger partial charge in [-0.1, -0.05) is 48.5 Å². The fourth-order valence-electron chi connectivity index (χ4n) is 2.96. The zero-order valence-electron chi connectivity index (χ0n) is 14.9. The van der Waals surface area contributed by atoms with Crippen LogP contribution in [0.1, 0.15) is 24.2 Å². The molecule has 1 N–H and O–H groups in total. The molecule has 3 rings (SSSR count). The van der Waals surface area contributed by atoms with Crippen molar-refractivity contribution in [3.05, 3.63) is 84.2 Å². The van der Waals surface area contributed by atoms with Gasteiger partial charge in [-0.3, -0.25) is 4.79 Å². The maximum Gasteiger partial charge on any atom is 0.293 e. The van der Waals surface area contributed by atoms with Gasteiger partial charge in [0, 0.05) is 36.7 Å². The minimum Gasteiger partial charge on any atom is -0.320 e. The van der Waals surface area contributed by atoms with Gasteiger partial charge in [0.25, 0.3) is 5.91 Å². The Morgan fingerprint density at radius 2 is 1.60 bits per heavy atom. The molecule has 0 unspecified atom stereocenters. The van der Waals surface area contributed by atoms with Crippen LogP contribution in [0.5, 0.6) is 0 Å². The van der Waals surface area contributed by atoms with Crippen LogP contribution in [0.2, 0.25) is 0 Å². The second-order valence-electron chi connectivity index (χ2n) is 6.26. The molecule has 25 heavy (non-hydrogen) atoms. The molecule has 1 amide bonds. The Hall–Kier alpha value is -2.94. The molecule has 3 aromatic rings. The summed E-state index contributed by atoms with van der Waals surface area (Å²) in [5.41, 5.74) is 5.21. The van der Waals surface area contributed by atoms with E-state index in [0.717, 1.165) is 22.5 Å². The number of hydrogen-bond acceptors (Lipinski definition) is 1. The Bertz CT molecular complexity index is 888. The third kappa shape index (κ3) is 3.61. The summed E-state index contributed by atoms with van der Waals surface area (Å²) in [4.78, 5) is 12.8. The third-order valence-electron chi connectivity index (χ3n) is 4.62. The molecule has 0 radical (unpaired) electrons. The van der Waals surface area contributed by atoms with Gasteiger partial charge in [0.15, 0.2) is 11.9 Å². The Morgan fingerprint density at radius 1 is 0.920 bits per heavy atom. The Morgan fingerprint density at radius 3 is 2.36 bits per heavy atom. The maximum absolute atomic E-state index is 12.8. The fraction of sp³-hybridized carbons (Fsp3) is 0.182. The molecule has 0 fully saturated rings. The highest BCUT2D eigenvalue weighted by atomic mass is 16.2. The lowest BCUT2D eigenvalue weighted by molar-refractivity contribution is -0.711. The van der Waals surface area contributed by atoms with Crippen LogP contribution in [-0.4, -0.2) is 5.91 Å². The average Bonchev–Trinajstić information content (AvgIpc) is 2.64. The molecule has 1 heterocycles. The minimum atomic E-state index is -0.288. The summed E-state index contributed by atoms with van der Waals surface area (Å²) in [6.45, 7) is 6.02. The largest absolute Gasteiger partial charge is 0.320 e. The van der Waals surface area contributed by atoms with E-state index in [2.05, 4.69) is 18.3 Å². The number of para-hydroxylation sites is 1. The van der Waals surface area contributed by atoms with E-state index in [-0.39, 0.29) is 11.9 Å². The number of aryl methyl sites for hydroxylation is 1. The summed E-state index contributed by atoms with van der Waals surface area (Å²) in [5.74, 6) is -0.0259. The van der Waals surface area contributed by atoms with E-state index in [4.69, 9.17) is 0 Å². The van der Waals surface area contributed by atoms with Crippen LogP contribution in [-0.2, 0) is 4.79 Å². The van der Waals surface area contributed by atoms with E-state index < -0.39 is 0 Å². The van der Waals surface area contributed by atoms with Crippen molar-refractivity contribution in [1.29, 1.82) is 0 Å². The first-order chi connectivity index (χ1) is 12.1. The second kappa shape index (κ2) is 7.31. The van der Waals surface area contributed by atoms with Crippen LogP contribution in [0.15, 0.2) is 72.9 Å². The van der Waals surface area contributed by atoms with Crippen LogP contribution in [0.25, 0.3) is 11.1 Å². The van der Waals surface area contributed by atoms with Crippen LogP contribution in [0.3, 0.4) is 0 Å². The van der Waals surface area contributed by atoms with Crippen LogP contribution < -0.4 is 9.88 Å². The molecule has 0 aliphatic heterocycles. The molecular weight excluding hydrogens is 308 g/mol. The van der Waals surface area contributed by atoms with Gasteiger partial charge in [-0.25, -0.2) is 0 Å². The van der Waals surface area contributed by atoms with E-state index in [1.54, 1.807) is 0 Å². The standard InChI is InChI=1S/C22H22N2O/c1-16-10-9-15-24(17(16)2)18(3)22(25)23-21-14-8-7-13-20(21)19-11-5-4-6-12-19/h4-15,18H,1-3H3/p+1/t18-/m0/s1. The van der Waals surface area contributed by atoms with Gasteiger partial charge in [-0.15, -0.1) is 0 Å². The zero-order chi connectivity index (χ0) is 17.8. The predicted molar refractivity (Wildman–Crippen MR) is 101 cm³/mol. The summed E-state index contributed by atoms with van der Waals surface area (Å²) >= 11 is 0. The lowest BCUT2D eigenvalue weighted by Gasteiger charge is -2.14. The number of aromatic nitrogens is 1. The molecule has 126 valence electrons. The van der Waals surface area contributed by atoms with E-state index in [1.807, 2.05) is 85.3 Å². The summed E-state index contributed by atoms with van der Waals surface area (Å²) in [7, 11) is 0. The number of hydrogen-bond donors (Lipinski definition) is 1. The van der Waals surface area contributed by atoms with Crippen molar-refractivity contribution < 1.29 is 9.36 Å². The first kappa shape index (κ1) is 16.9.